The Bertz CT molecular complexity index is 1170. The molecule has 4 heterocycles. The number of benzene rings is 1. The number of carbonyl (C=O) groups is 3. The average molecular weight is 466 g/mol. The van der Waals surface area contributed by atoms with E-state index in [-0.39, 0.29) is 24.7 Å². The molecule has 8 nitrogen and oxygen atoms in total. The number of carbonyl (C=O) groups excluding carboxylic acids is 3. The van der Waals surface area contributed by atoms with Crippen LogP contribution < -0.4 is 15.4 Å². The molecule has 1 aromatic carbocycles. The van der Waals surface area contributed by atoms with E-state index in [1.165, 1.54) is 4.90 Å². The van der Waals surface area contributed by atoms with Gasteiger partial charge in [-0.1, -0.05) is 26.0 Å². The Labute approximate surface area is 199 Å². The molecule has 3 amide bonds. The zero-order chi connectivity index (χ0) is 24.7. The molecule has 2 fully saturated rings. The predicted molar refractivity (Wildman–Crippen MR) is 127 cm³/mol. The van der Waals surface area contributed by atoms with Crippen LogP contribution in [0.4, 0.5) is 5.69 Å². The maximum absolute atomic E-state index is 13.8. The van der Waals surface area contributed by atoms with Crippen molar-refractivity contribution in [3.05, 3.63) is 42.0 Å². The van der Waals surface area contributed by atoms with E-state index in [1.807, 2.05) is 52.0 Å². The number of piperazine rings is 1. The van der Waals surface area contributed by atoms with Crippen LogP contribution in [-0.4, -0.2) is 51.6 Å². The zero-order valence-corrected chi connectivity index (χ0v) is 20.0. The van der Waals surface area contributed by atoms with Gasteiger partial charge in [0.15, 0.2) is 0 Å². The molecule has 5 rings (SSSR count). The van der Waals surface area contributed by atoms with Gasteiger partial charge in [0, 0.05) is 23.9 Å². The highest BCUT2D eigenvalue weighted by Crippen LogP contribution is 2.56. The molecule has 0 aliphatic carbocycles. The normalized spacial score (nSPS) is 31.3. The summed E-state index contributed by atoms with van der Waals surface area (Å²) in [4.78, 5) is 41.3. The lowest BCUT2D eigenvalue weighted by Crippen LogP contribution is -2.69. The van der Waals surface area contributed by atoms with Gasteiger partial charge in [0.05, 0.1) is 11.1 Å². The fourth-order valence-corrected chi connectivity index (χ4v) is 5.87. The summed E-state index contributed by atoms with van der Waals surface area (Å²) >= 11 is 0. The van der Waals surface area contributed by atoms with Crippen LogP contribution in [0, 0.1) is 5.41 Å². The molecule has 0 saturated carbocycles. The molecule has 0 unspecified atom stereocenters. The third-order valence-electron chi connectivity index (χ3n) is 8.02. The van der Waals surface area contributed by atoms with E-state index in [0.717, 1.165) is 11.1 Å². The van der Waals surface area contributed by atoms with Crippen LogP contribution >= 0.6 is 0 Å². The molecule has 4 aliphatic heterocycles. The number of hydrogen-bond acceptors (Lipinski definition) is 5. The summed E-state index contributed by atoms with van der Waals surface area (Å²) < 4.78 is 6.10. The summed E-state index contributed by atoms with van der Waals surface area (Å²) in [6.45, 7) is 12.0. The third kappa shape index (κ3) is 2.84. The van der Waals surface area contributed by atoms with Gasteiger partial charge in [0.25, 0.3) is 5.91 Å². The molecule has 0 bridgehead atoms. The molecular weight excluding hydrogens is 434 g/mol. The molecule has 0 aromatic heterocycles. The first-order valence-corrected chi connectivity index (χ1v) is 11.7. The Hall–Kier alpha value is -3.13. The number of hydrogen-bond donors (Lipinski definition) is 3. The topological polar surface area (TPSA) is 108 Å². The number of aliphatic hydroxyl groups is 1. The summed E-state index contributed by atoms with van der Waals surface area (Å²) in [5.41, 5.74) is -2.05. The van der Waals surface area contributed by atoms with Crippen molar-refractivity contribution in [1.82, 2.24) is 10.2 Å². The Morgan fingerprint density at radius 3 is 2.71 bits per heavy atom. The number of allylic oxidation sites excluding steroid dienone is 1. The number of nitrogens with one attached hydrogen (secondary N) is 2. The van der Waals surface area contributed by atoms with Crippen LogP contribution in [0.5, 0.6) is 5.75 Å². The molecule has 3 N–H and O–H groups in total. The van der Waals surface area contributed by atoms with Crippen LogP contribution in [0.2, 0.25) is 0 Å². The third-order valence-corrected chi connectivity index (χ3v) is 8.02. The van der Waals surface area contributed by atoms with Crippen molar-refractivity contribution < 1.29 is 24.2 Å². The minimum Gasteiger partial charge on any atom is -0.483 e. The first-order chi connectivity index (χ1) is 15.9. The van der Waals surface area contributed by atoms with E-state index in [0.29, 0.717) is 24.4 Å². The van der Waals surface area contributed by atoms with Crippen LogP contribution in [0.3, 0.4) is 0 Å². The minimum absolute atomic E-state index is 0.0385. The molecule has 8 heteroatoms. The predicted octanol–water partition coefficient (Wildman–Crippen LogP) is 2.47. The largest absolute Gasteiger partial charge is 0.483 e. The lowest BCUT2D eigenvalue weighted by molar-refractivity contribution is -0.178. The second-order valence-corrected chi connectivity index (χ2v) is 10.9. The molecule has 0 radical (unpaired) electrons. The molecule has 0 spiro atoms. The quantitative estimate of drug-likeness (QED) is 0.592. The van der Waals surface area contributed by atoms with Gasteiger partial charge in [-0.2, -0.15) is 0 Å². The van der Waals surface area contributed by atoms with E-state index >= 15 is 0 Å². The number of ether oxygens (including phenoxy) is 1. The lowest BCUT2D eigenvalue weighted by Gasteiger charge is -2.46. The van der Waals surface area contributed by atoms with Crippen LogP contribution in [-0.2, 0) is 19.8 Å². The van der Waals surface area contributed by atoms with E-state index in [1.54, 1.807) is 6.08 Å². The number of nitrogens with zero attached hydrogens (tertiary/aromatic N) is 1. The summed E-state index contributed by atoms with van der Waals surface area (Å²) in [5.74, 6) is -0.557. The highest BCUT2D eigenvalue weighted by Gasteiger charge is 2.61. The van der Waals surface area contributed by atoms with Crippen molar-refractivity contribution in [1.29, 1.82) is 0 Å². The molecule has 1 aromatic rings. The molecule has 4 aliphatic rings. The highest BCUT2D eigenvalue weighted by molar-refractivity contribution is 6.10. The van der Waals surface area contributed by atoms with Crippen molar-refractivity contribution in [2.45, 2.75) is 69.7 Å². The number of rotatable bonds is 4. The van der Waals surface area contributed by atoms with Gasteiger partial charge in [-0.15, -0.1) is 6.58 Å². The van der Waals surface area contributed by atoms with Gasteiger partial charge in [0.1, 0.15) is 17.4 Å². The second kappa shape index (κ2) is 6.95. The second-order valence-electron chi connectivity index (χ2n) is 10.9. The molecular formula is C26H31N3O5. The smallest absolute Gasteiger partial charge is 0.274 e. The molecule has 34 heavy (non-hydrogen) atoms. The van der Waals surface area contributed by atoms with Gasteiger partial charge >= 0.3 is 0 Å². The Morgan fingerprint density at radius 2 is 2.00 bits per heavy atom. The summed E-state index contributed by atoms with van der Waals surface area (Å²) in [5, 5.41) is 16.5. The number of anilines is 1. The standard InChI is InChI=1S/C26H31N3O5/c1-6-23(2,3)25(14-17-20(30)29-13-7-11-26(29,33)22(32)27-17)16-8-9-18-15(19(16)28-21(25)31)10-12-24(4,5)34-18/h6,8-10,12,17,33H,1,7,11,13-14H2,2-5H3,(H,27,32)(H,28,31)/t17-,25+,26-/m0/s1. The van der Waals surface area contributed by atoms with Gasteiger partial charge in [0.2, 0.25) is 17.5 Å². The van der Waals surface area contributed by atoms with Gasteiger partial charge in [-0.25, -0.2) is 0 Å². The SMILES string of the molecule is C=CC(C)(C)[C@@]1(C[C@@H]2NC(=O)[C@@]3(O)CCCN3C2=O)C(=O)Nc2c1ccc1c2C=CC(C)(C)O1. The van der Waals surface area contributed by atoms with E-state index in [2.05, 4.69) is 17.2 Å². The first kappa shape index (κ1) is 22.7. The number of fused-ring (bicyclic) bond motifs is 4. The van der Waals surface area contributed by atoms with Crippen LogP contribution in [0.25, 0.3) is 6.08 Å². The summed E-state index contributed by atoms with van der Waals surface area (Å²) in [6, 6.07) is 2.77. The van der Waals surface area contributed by atoms with E-state index in [4.69, 9.17) is 4.74 Å². The molecule has 180 valence electrons. The van der Waals surface area contributed by atoms with Crippen molar-refractivity contribution in [2.24, 2.45) is 5.41 Å². The molecule has 2 saturated heterocycles. The zero-order valence-electron chi connectivity index (χ0n) is 20.0. The van der Waals surface area contributed by atoms with Gasteiger partial charge in [-0.3, -0.25) is 14.4 Å². The van der Waals surface area contributed by atoms with Gasteiger partial charge in [-0.05, 0) is 50.5 Å². The lowest BCUT2D eigenvalue weighted by atomic mass is 9.59. The summed E-state index contributed by atoms with van der Waals surface area (Å²) in [7, 11) is 0. The van der Waals surface area contributed by atoms with Crippen molar-refractivity contribution >= 4 is 29.5 Å². The van der Waals surface area contributed by atoms with E-state index in [9.17, 15) is 19.5 Å². The first-order valence-electron chi connectivity index (χ1n) is 11.7. The minimum atomic E-state index is -1.81. The Balaban J connectivity index is 1.62. The summed E-state index contributed by atoms with van der Waals surface area (Å²) in [6.07, 6.45) is 6.41. The van der Waals surface area contributed by atoms with Crippen molar-refractivity contribution in [2.75, 3.05) is 11.9 Å². The van der Waals surface area contributed by atoms with Crippen LogP contribution in [0.15, 0.2) is 30.9 Å². The average Bonchev–Trinajstić information content (AvgIpc) is 3.31. The van der Waals surface area contributed by atoms with Crippen LogP contribution in [0.1, 0.15) is 58.1 Å². The Morgan fingerprint density at radius 1 is 1.26 bits per heavy atom. The maximum Gasteiger partial charge on any atom is 0.274 e. The maximum atomic E-state index is 13.8. The fraction of sp³-hybridized carbons (Fsp3) is 0.500. The fourth-order valence-electron chi connectivity index (χ4n) is 5.87. The Kier molecular flexibility index (Phi) is 4.63. The monoisotopic (exact) mass is 465 g/mol. The van der Waals surface area contributed by atoms with E-state index < -0.39 is 34.1 Å². The van der Waals surface area contributed by atoms with Crippen molar-refractivity contribution in [3.8, 4) is 5.75 Å². The van der Waals surface area contributed by atoms with Gasteiger partial charge < -0.3 is 25.4 Å². The van der Waals surface area contributed by atoms with Crippen molar-refractivity contribution in [3.63, 3.8) is 0 Å². The highest BCUT2D eigenvalue weighted by atomic mass is 16.5. The number of amides is 3. The molecule has 3 atom stereocenters.